The lowest BCUT2D eigenvalue weighted by atomic mass is 10.1. The number of rotatable bonds is 5. The molecule has 2 heterocycles. The highest BCUT2D eigenvalue weighted by Gasteiger charge is 2.36. The van der Waals surface area contributed by atoms with Gasteiger partial charge in [0, 0.05) is 24.9 Å². The smallest absolute Gasteiger partial charge is 0.227 e. The summed E-state index contributed by atoms with van der Waals surface area (Å²) in [6, 6.07) is 13.3. The molecule has 6 heteroatoms. The van der Waals surface area contributed by atoms with E-state index in [-0.39, 0.29) is 11.8 Å². The number of carbonyl (C=O) groups excluding carboxylic acids is 1. The first-order valence-corrected chi connectivity index (χ1v) is 9.07. The van der Waals surface area contributed by atoms with Crippen LogP contribution < -0.4 is 14.4 Å². The summed E-state index contributed by atoms with van der Waals surface area (Å²) in [6.07, 6.45) is 5.96. The number of benzene rings is 2. The maximum absolute atomic E-state index is 12.9. The van der Waals surface area contributed by atoms with Gasteiger partial charge in [-0.3, -0.25) is 4.79 Å². The number of hydrogen-bond acceptors (Lipinski definition) is 4. The van der Waals surface area contributed by atoms with Crippen molar-refractivity contribution in [3.63, 3.8) is 0 Å². The molecule has 4 rings (SSSR count). The zero-order valence-electron chi connectivity index (χ0n) is 15.9. The van der Waals surface area contributed by atoms with Crippen molar-refractivity contribution in [1.29, 1.82) is 0 Å². The van der Waals surface area contributed by atoms with Crippen LogP contribution in [0.4, 0.5) is 5.69 Å². The summed E-state index contributed by atoms with van der Waals surface area (Å²) in [7, 11) is 3.19. The predicted octanol–water partition coefficient (Wildman–Crippen LogP) is 3.21. The van der Waals surface area contributed by atoms with Gasteiger partial charge in [0.15, 0.2) is 0 Å². The van der Waals surface area contributed by atoms with E-state index in [1.165, 1.54) is 0 Å². The molecule has 0 radical (unpaired) electrons. The second-order valence-corrected chi connectivity index (χ2v) is 6.69. The first kappa shape index (κ1) is 17.9. The van der Waals surface area contributed by atoms with E-state index in [9.17, 15) is 4.79 Å². The number of hydrogen-bond donors (Lipinski definition) is 0. The Morgan fingerprint density at radius 1 is 1.21 bits per heavy atom. The fourth-order valence-corrected chi connectivity index (χ4v) is 3.78. The summed E-state index contributed by atoms with van der Waals surface area (Å²) in [5, 5.41) is 0. The Kier molecular flexibility index (Phi) is 4.66. The number of fused-ring (bicyclic) bond motifs is 1. The molecule has 0 unspecified atom stereocenters. The first-order chi connectivity index (χ1) is 13.7. The zero-order valence-corrected chi connectivity index (χ0v) is 15.9. The molecule has 0 bridgehead atoms. The summed E-state index contributed by atoms with van der Waals surface area (Å²) >= 11 is 0. The Morgan fingerprint density at radius 2 is 2.04 bits per heavy atom. The predicted molar refractivity (Wildman–Crippen MR) is 108 cm³/mol. The lowest BCUT2D eigenvalue weighted by molar-refractivity contribution is -0.117. The van der Waals surface area contributed by atoms with E-state index in [0.717, 1.165) is 16.9 Å². The Labute approximate surface area is 163 Å². The molecule has 1 saturated heterocycles. The Bertz CT molecular complexity index is 1080. The fourth-order valence-electron chi connectivity index (χ4n) is 3.78. The number of carbonyl (C=O) groups is 1. The van der Waals surface area contributed by atoms with Crippen LogP contribution in [0.25, 0.3) is 11.0 Å². The number of methoxy groups -OCH3 is 2. The van der Waals surface area contributed by atoms with Crippen LogP contribution in [0.5, 0.6) is 11.5 Å². The van der Waals surface area contributed by atoms with Gasteiger partial charge in [-0.25, -0.2) is 4.98 Å². The minimum atomic E-state index is -0.0517. The molecule has 1 aliphatic rings. The number of para-hydroxylation sites is 2. The van der Waals surface area contributed by atoms with Crippen molar-refractivity contribution in [2.75, 3.05) is 25.7 Å². The molecule has 1 aliphatic heterocycles. The maximum Gasteiger partial charge on any atom is 0.227 e. The molecule has 1 atom stereocenters. The molecule has 0 saturated carbocycles. The van der Waals surface area contributed by atoms with Gasteiger partial charge in [0.1, 0.15) is 17.3 Å². The van der Waals surface area contributed by atoms with E-state index < -0.39 is 0 Å². The normalized spacial score (nSPS) is 16.4. The van der Waals surface area contributed by atoms with Gasteiger partial charge in [0.25, 0.3) is 0 Å². The monoisotopic (exact) mass is 375 g/mol. The second-order valence-electron chi connectivity index (χ2n) is 6.69. The molecular formula is C22H21N3O3. The van der Waals surface area contributed by atoms with Crippen molar-refractivity contribution in [3.05, 3.63) is 48.3 Å². The largest absolute Gasteiger partial charge is 0.497 e. The van der Waals surface area contributed by atoms with E-state index in [2.05, 4.69) is 5.92 Å². The number of amides is 1. The van der Waals surface area contributed by atoms with Gasteiger partial charge in [-0.05, 0) is 24.3 Å². The Morgan fingerprint density at radius 3 is 2.79 bits per heavy atom. The summed E-state index contributed by atoms with van der Waals surface area (Å²) in [6.45, 7) is 0.930. The van der Waals surface area contributed by atoms with Crippen LogP contribution in [0.3, 0.4) is 0 Å². The molecule has 1 fully saturated rings. The van der Waals surface area contributed by atoms with E-state index >= 15 is 0 Å². The van der Waals surface area contributed by atoms with E-state index in [1.54, 1.807) is 19.1 Å². The standard InChI is InChI=1S/C22H21N3O3/c1-4-11-24-18-8-6-5-7-17(18)23-22(24)15-12-21(26)25(14-15)19-13-16(27-2)9-10-20(19)28-3/h1,5-10,13,15H,11-12,14H2,2-3H3/t15-/m0/s1. The topological polar surface area (TPSA) is 56.6 Å². The summed E-state index contributed by atoms with van der Waals surface area (Å²) < 4.78 is 12.8. The molecule has 6 nitrogen and oxygen atoms in total. The number of terminal acetylenes is 1. The fraction of sp³-hybridized carbons (Fsp3) is 0.273. The number of anilines is 1. The molecular weight excluding hydrogens is 354 g/mol. The first-order valence-electron chi connectivity index (χ1n) is 9.07. The zero-order chi connectivity index (χ0) is 19.7. The molecule has 1 aromatic heterocycles. The van der Waals surface area contributed by atoms with Crippen molar-refractivity contribution in [2.45, 2.75) is 18.9 Å². The summed E-state index contributed by atoms with van der Waals surface area (Å²) in [5.41, 5.74) is 2.58. The van der Waals surface area contributed by atoms with Crippen LogP contribution in [0.2, 0.25) is 0 Å². The molecule has 1 amide bonds. The van der Waals surface area contributed by atoms with Crippen LogP contribution in [0.1, 0.15) is 18.2 Å². The average Bonchev–Trinajstić information content (AvgIpc) is 3.28. The van der Waals surface area contributed by atoms with Crippen molar-refractivity contribution in [3.8, 4) is 23.8 Å². The van der Waals surface area contributed by atoms with E-state index in [1.807, 2.05) is 47.0 Å². The molecule has 2 aromatic carbocycles. The van der Waals surface area contributed by atoms with Gasteiger partial charge in [-0.2, -0.15) is 0 Å². The number of imidazole rings is 1. The SMILES string of the molecule is C#CCn1c([C@H]2CC(=O)N(c3cc(OC)ccc3OC)C2)nc2ccccc21. The minimum Gasteiger partial charge on any atom is -0.497 e. The van der Waals surface area contributed by atoms with Gasteiger partial charge in [-0.1, -0.05) is 18.1 Å². The van der Waals surface area contributed by atoms with Crippen molar-refractivity contribution in [1.82, 2.24) is 9.55 Å². The van der Waals surface area contributed by atoms with Crippen LogP contribution in [-0.2, 0) is 11.3 Å². The average molecular weight is 375 g/mol. The van der Waals surface area contributed by atoms with Crippen molar-refractivity contribution < 1.29 is 14.3 Å². The highest BCUT2D eigenvalue weighted by Crippen LogP contribution is 2.39. The molecule has 28 heavy (non-hydrogen) atoms. The molecule has 142 valence electrons. The summed E-state index contributed by atoms with van der Waals surface area (Å²) in [5.74, 6) is 4.82. The molecule has 0 spiro atoms. The van der Waals surface area contributed by atoms with Crippen molar-refractivity contribution >= 4 is 22.6 Å². The number of ether oxygens (including phenoxy) is 2. The third-order valence-electron chi connectivity index (χ3n) is 5.10. The Balaban J connectivity index is 1.73. The molecule has 0 N–H and O–H groups in total. The van der Waals surface area contributed by atoms with Crippen LogP contribution in [-0.4, -0.2) is 36.2 Å². The Hall–Kier alpha value is -3.46. The van der Waals surface area contributed by atoms with Gasteiger partial charge in [0.2, 0.25) is 5.91 Å². The van der Waals surface area contributed by atoms with Crippen LogP contribution in [0, 0.1) is 12.3 Å². The van der Waals surface area contributed by atoms with Crippen LogP contribution >= 0.6 is 0 Å². The molecule has 3 aromatic rings. The third-order valence-corrected chi connectivity index (χ3v) is 5.10. The highest BCUT2D eigenvalue weighted by molar-refractivity contribution is 5.98. The van der Waals surface area contributed by atoms with E-state index in [0.29, 0.717) is 36.7 Å². The number of aromatic nitrogens is 2. The maximum atomic E-state index is 12.9. The van der Waals surface area contributed by atoms with Gasteiger partial charge < -0.3 is 18.9 Å². The van der Waals surface area contributed by atoms with Gasteiger partial charge >= 0.3 is 0 Å². The third kappa shape index (κ3) is 2.95. The highest BCUT2D eigenvalue weighted by atomic mass is 16.5. The van der Waals surface area contributed by atoms with Gasteiger partial charge in [-0.15, -0.1) is 6.42 Å². The quantitative estimate of drug-likeness (QED) is 0.643. The van der Waals surface area contributed by atoms with E-state index in [4.69, 9.17) is 20.9 Å². The second kappa shape index (κ2) is 7.28. The molecule has 0 aliphatic carbocycles. The number of nitrogens with zero attached hydrogens (tertiary/aromatic N) is 3. The lowest BCUT2D eigenvalue weighted by Crippen LogP contribution is -2.25. The van der Waals surface area contributed by atoms with Gasteiger partial charge in [0.05, 0.1) is 37.5 Å². The van der Waals surface area contributed by atoms with Crippen molar-refractivity contribution in [2.24, 2.45) is 0 Å². The lowest BCUT2D eigenvalue weighted by Gasteiger charge is -2.20. The minimum absolute atomic E-state index is 0.0240. The van der Waals surface area contributed by atoms with Crippen LogP contribution in [0.15, 0.2) is 42.5 Å². The summed E-state index contributed by atoms with van der Waals surface area (Å²) in [4.78, 5) is 19.4.